The third-order valence-corrected chi connectivity index (χ3v) is 0. The van der Waals surface area contributed by atoms with Gasteiger partial charge in [0.25, 0.3) is 10.2 Å². The van der Waals surface area contributed by atoms with Crippen LogP contribution in [0.4, 0.5) is 0 Å². The first kappa shape index (κ1) is 87.7. The molecule has 0 saturated heterocycles. The smallest absolute Gasteiger partial charge is 0.412 e. The van der Waals surface area contributed by atoms with Gasteiger partial charge < -0.3 is 90.6 Å². The number of nitrogens with zero attached hydrogens (tertiary/aromatic N) is 5. The van der Waals surface area contributed by atoms with Gasteiger partial charge in [0.05, 0.1) is 15.3 Å². The van der Waals surface area contributed by atoms with Gasteiger partial charge in [0, 0.05) is 0 Å². The van der Waals surface area contributed by atoms with E-state index in [2.05, 4.69) is 0 Å². The van der Waals surface area contributed by atoms with E-state index in [1.54, 1.807) is 0 Å². The Labute approximate surface area is 177 Å². The summed E-state index contributed by atoms with van der Waals surface area (Å²) in [5.74, 6) is 0. The predicted octanol–water partition coefficient (Wildman–Crippen LogP) is -4.39. The molecule has 16 N–H and O–H groups in total. The van der Waals surface area contributed by atoms with Gasteiger partial charge in [-0.05, 0) is 0 Å². The molecule has 169 valence electrons. The van der Waals surface area contributed by atoms with Crippen molar-refractivity contribution >= 4 is 0 Å². The number of hydrogen-bond acceptors (Lipinski definition) is 15. The molecule has 0 saturated carbocycles. The maximum absolute atomic E-state index is 8.36. The zero-order valence-corrected chi connectivity index (χ0v) is 15.5. The molecule has 0 spiro atoms. The van der Waals surface area contributed by atoms with E-state index in [9.17, 15) is 0 Å². The minimum absolute atomic E-state index is 0. The molecule has 0 aliphatic heterocycles. The van der Waals surface area contributed by atoms with E-state index in [-0.39, 0.29) is 76.0 Å². The SMILES string of the molecule is N.N.O.O.O.O.O=[N+]([O-])O.O=[N+]([O-])O.O=[N+]([O-])[O-].O=[N+]([O-])[O-].O=[N+]([O-])[O-].[Ce+3]. The fraction of sp³-hybridized carbons (Fsp3) is 0. The molecular formula is H16CeN7O19. The molecule has 0 aliphatic rings. The monoisotopic (exact) mass is 558 g/mol. The Morgan fingerprint density at radius 3 is 0.444 bits per heavy atom. The summed E-state index contributed by atoms with van der Waals surface area (Å²) in [6.07, 6.45) is 0. The summed E-state index contributed by atoms with van der Waals surface area (Å²) in [7, 11) is 0. The molecule has 0 atom stereocenters. The maximum Gasteiger partial charge on any atom is 3.00 e. The van der Waals surface area contributed by atoms with Gasteiger partial charge in [-0.2, -0.15) is 0 Å². The fourth-order valence-corrected chi connectivity index (χ4v) is 0. The first-order chi connectivity index (χ1) is 8.66. The molecule has 0 aliphatic carbocycles. The van der Waals surface area contributed by atoms with Crippen molar-refractivity contribution < 1.29 is 99.5 Å². The Morgan fingerprint density at radius 2 is 0.444 bits per heavy atom. The zero-order valence-electron chi connectivity index (χ0n) is 12.4. The molecule has 0 aromatic rings. The molecule has 0 bridgehead atoms. The molecule has 27 heavy (non-hydrogen) atoms. The second kappa shape index (κ2) is 77.0. The summed E-state index contributed by atoms with van der Waals surface area (Å²) >= 11 is 0. The Hall–Kier alpha value is -2.86. The predicted molar refractivity (Wildman–Crippen MR) is 73.1 cm³/mol. The van der Waals surface area contributed by atoms with Gasteiger partial charge in [0.1, 0.15) is 0 Å². The summed E-state index contributed by atoms with van der Waals surface area (Å²) in [5.41, 5.74) is 0. The topological polar surface area (TPSA) is 521 Å². The third-order valence-electron chi connectivity index (χ3n) is 0. The van der Waals surface area contributed by atoms with Crippen LogP contribution in [0.15, 0.2) is 0 Å². The minimum Gasteiger partial charge on any atom is -0.412 e. The van der Waals surface area contributed by atoms with Gasteiger partial charge in [-0.25, -0.2) is 0 Å². The van der Waals surface area contributed by atoms with E-state index in [4.69, 9.17) is 76.6 Å². The zero-order chi connectivity index (χ0) is 17.9. The van der Waals surface area contributed by atoms with Gasteiger partial charge in [-0.15, -0.1) is 20.2 Å². The van der Waals surface area contributed by atoms with Crippen molar-refractivity contribution in [3.8, 4) is 0 Å². The van der Waals surface area contributed by atoms with Gasteiger partial charge >= 0.3 is 41.7 Å². The number of rotatable bonds is 0. The third kappa shape index (κ3) is 1260. The standard InChI is InChI=1S/Ce.2HNO3.3NO3.2H3N.4H2O/c;5*2-1(3)4;;;;;;/h;2*(H,2,3,4);;;;2*1H3;4*1H2/q+3;;;3*-1;;;;;;. The van der Waals surface area contributed by atoms with Gasteiger partial charge in [0.15, 0.2) is 0 Å². The number of hydrogen-bond donors (Lipinski definition) is 4. The van der Waals surface area contributed by atoms with Crippen LogP contribution in [0.2, 0.25) is 0 Å². The Kier molecular flexibility index (Phi) is 250. The van der Waals surface area contributed by atoms with E-state index in [0.29, 0.717) is 0 Å². The van der Waals surface area contributed by atoms with Crippen molar-refractivity contribution in [2.75, 3.05) is 0 Å². The average Bonchev–Trinajstić information content (AvgIpc) is 1.94. The largest absolute Gasteiger partial charge is 3.00 e. The van der Waals surface area contributed by atoms with Crippen molar-refractivity contribution in [3.63, 3.8) is 0 Å². The second-order valence-electron chi connectivity index (χ2n) is 1.15. The summed E-state index contributed by atoms with van der Waals surface area (Å²) in [6, 6.07) is 0. The molecule has 0 aromatic heterocycles. The van der Waals surface area contributed by atoms with Crippen molar-refractivity contribution in [1.82, 2.24) is 12.3 Å². The van der Waals surface area contributed by atoms with Crippen LogP contribution in [0.5, 0.6) is 0 Å². The molecule has 0 heterocycles. The average molecular weight is 558 g/mol. The van der Waals surface area contributed by atoms with Crippen LogP contribution in [0.25, 0.3) is 0 Å². The summed E-state index contributed by atoms with van der Waals surface area (Å²) in [4.78, 5) is 41.5. The summed E-state index contributed by atoms with van der Waals surface area (Å²) in [5, 5.41) is 71.5. The van der Waals surface area contributed by atoms with Gasteiger partial charge in [-0.3, -0.25) is 0 Å². The fourth-order valence-electron chi connectivity index (χ4n) is 0. The quantitative estimate of drug-likeness (QED) is 0.161. The Morgan fingerprint density at radius 1 is 0.444 bits per heavy atom. The maximum atomic E-state index is 8.36. The Bertz CT molecular complexity index is 213. The molecule has 0 fully saturated rings. The molecule has 27 heteroatoms. The van der Waals surface area contributed by atoms with Crippen LogP contribution in [-0.2, 0) is 0 Å². The van der Waals surface area contributed by atoms with Crippen LogP contribution in [0, 0.1) is 108 Å². The van der Waals surface area contributed by atoms with Crippen molar-refractivity contribution in [3.05, 3.63) is 66.2 Å². The molecule has 0 aromatic carbocycles. The van der Waals surface area contributed by atoms with Crippen LogP contribution >= 0.6 is 0 Å². The molecule has 26 nitrogen and oxygen atoms in total. The van der Waals surface area contributed by atoms with Gasteiger partial charge in [0.2, 0.25) is 0 Å². The van der Waals surface area contributed by atoms with Crippen molar-refractivity contribution in [2.24, 2.45) is 0 Å². The molecule has 1 radical (unpaired) electrons. The normalized spacial score (nSPS) is 4.44. The summed E-state index contributed by atoms with van der Waals surface area (Å²) in [6.45, 7) is 0. The van der Waals surface area contributed by atoms with E-state index < -0.39 is 25.4 Å². The van der Waals surface area contributed by atoms with Crippen molar-refractivity contribution in [2.45, 2.75) is 0 Å². The molecule has 0 rings (SSSR count). The Balaban J connectivity index is -0.00000000978. The van der Waals surface area contributed by atoms with E-state index in [1.165, 1.54) is 0 Å². The molecular weight excluding hydrogens is 542 g/mol. The van der Waals surface area contributed by atoms with E-state index >= 15 is 0 Å². The van der Waals surface area contributed by atoms with Crippen LogP contribution in [0.1, 0.15) is 0 Å². The molecule has 0 amide bonds. The van der Waals surface area contributed by atoms with Crippen molar-refractivity contribution in [1.29, 1.82) is 0 Å². The summed E-state index contributed by atoms with van der Waals surface area (Å²) < 4.78 is 0. The minimum atomic E-state index is -1.75. The van der Waals surface area contributed by atoms with Crippen LogP contribution in [-0.4, -0.2) is 57.8 Å². The van der Waals surface area contributed by atoms with Crippen LogP contribution < -0.4 is 12.3 Å². The second-order valence-corrected chi connectivity index (χ2v) is 1.15. The van der Waals surface area contributed by atoms with Crippen LogP contribution in [0.3, 0.4) is 0 Å². The van der Waals surface area contributed by atoms with E-state index in [0.717, 1.165) is 0 Å². The first-order valence-corrected chi connectivity index (χ1v) is 2.77. The van der Waals surface area contributed by atoms with Gasteiger partial charge in [-0.1, -0.05) is 0 Å². The first-order valence-electron chi connectivity index (χ1n) is 2.77. The molecule has 0 unspecified atom stereocenters. The van der Waals surface area contributed by atoms with E-state index in [1.807, 2.05) is 0 Å².